The largest absolute Gasteiger partial charge is 0.598 e. The van der Waals surface area contributed by atoms with Crippen molar-refractivity contribution in [2.45, 2.75) is 18.9 Å². The van der Waals surface area contributed by atoms with Gasteiger partial charge in [0.2, 0.25) is 5.75 Å². The number of rotatable bonds is 5. The molecule has 2 heterocycles. The SMILES string of the molecule is C[S@@+]([O-])N1CCN(c2cnn(-c3cccc(Cl)c3)c(=O)c2OC2Cc3ccccc3C2)CC1. The van der Waals surface area contributed by atoms with E-state index in [0.29, 0.717) is 48.3 Å². The van der Waals surface area contributed by atoms with Gasteiger partial charge in [-0.1, -0.05) is 41.9 Å². The van der Waals surface area contributed by atoms with E-state index in [1.165, 1.54) is 15.8 Å². The lowest BCUT2D eigenvalue weighted by Gasteiger charge is -2.35. The normalized spacial score (nSPS) is 17.7. The van der Waals surface area contributed by atoms with Crippen LogP contribution in [0.1, 0.15) is 11.1 Å². The number of hydrogen-bond donors (Lipinski definition) is 0. The van der Waals surface area contributed by atoms with Crippen LogP contribution in [0.2, 0.25) is 5.02 Å². The Hall–Kier alpha value is -2.52. The molecule has 3 aromatic rings. The molecule has 0 unspecified atom stereocenters. The summed E-state index contributed by atoms with van der Waals surface area (Å²) in [5.41, 5.74) is 3.47. The summed E-state index contributed by atoms with van der Waals surface area (Å²) in [6.07, 6.45) is 4.79. The number of nitrogens with zero attached hydrogens (tertiary/aromatic N) is 4. The van der Waals surface area contributed by atoms with Crippen LogP contribution < -0.4 is 15.2 Å². The van der Waals surface area contributed by atoms with Crippen molar-refractivity contribution < 1.29 is 9.29 Å². The van der Waals surface area contributed by atoms with Gasteiger partial charge in [0.25, 0.3) is 0 Å². The van der Waals surface area contributed by atoms with Crippen molar-refractivity contribution >= 4 is 28.7 Å². The molecule has 1 atom stereocenters. The Kier molecular flexibility index (Phi) is 6.34. The minimum Gasteiger partial charge on any atom is -0.598 e. The maximum absolute atomic E-state index is 13.6. The van der Waals surface area contributed by atoms with E-state index in [1.807, 2.05) is 16.4 Å². The molecule has 7 nitrogen and oxygen atoms in total. The predicted molar refractivity (Wildman–Crippen MR) is 131 cm³/mol. The van der Waals surface area contributed by atoms with Gasteiger partial charge in [0.05, 0.1) is 25.0 Å². The maximum Gasteiger partial charge on any atom is 0.316 e. The van der Waals surface area contributed by atoms with E-state index in [0.717, 1.165) is 12.8 Å². The van der Waals surface area contributed by atoms with E-state index in [-0.39, 0.29) is 11.7 Å². The predicted octanol–water partition coefficient (Wildman–Crippen LogP) is 2.85. The molecule has 1 aliphatic heterocycles. The Labute approximate surface area is 200 Å². The lowest BCUT2D eigenvalue weighted by atomic mass is 10.1. The first kappa shape index (κ1) is 22.3. The van der Waals surface area contributed by atoms with E-state index >= 15 is 0 Å². The highest BCUT2D eigenvalue weighted by Crippen LogP contribution is 2.30. The van der Waals surface area contributed by atoms with Crippen molar-refractivity contribution in [3.63, 3.8) is 0 Å². The van der Waals surface area contributed by atoms with Gasteiger partial charge >= 0.3 is 5.56 Å². The number of benzene rings is 2. The molecule has 0 radical (unpaired) electrons. The molecule has 0 N–H and O–H groups in total. The highest BCUT2D eigenvalue weighted by Gasteiger charge is 2.30. The molecule has 1 saturated heterocycles. The molecule has 0 saturated carbocycles. The fourth-order valence-electron chi connectivity index (χ4n) is 4.51. The first-order valence-electron chi connectivity index (χ1n) is 10.9. The van der Waals surface area contributed by atoms with Crippen molar-refractivity contribution in [2.24, 2.45) is 0 Å². The minimum atomic E-state index is -1.01. The Morgan fingerprint density at radius 1 is 1.06 bits per heavy atom. The molecule has 0 amide bonds. The molecule has 0 spiro atoms. The first-order chi connectivity index (χ1) is 16.0. The molecule has 2 aromatic carbocycles. The van der Waals surface area contributed by atoms with Crippen LogP contribution in [0.4, 0.5) is 5.69 Å². The number of fused-ring (bicyclic) bond motifs is 1. The molecule has 2 aliphatic rings. The summed E-state index contributed by atoms with van der Waals surface area (Å²) in [5, 5.41) is 4.97. The number of halogens is 1. The third kappa shape index (κ3) is 4.61. The van der Waals surface area contributed by atoms with Crippen LogP contribution in [0.3, 0.4) is 0 Å². The number of aromatic nitrogens is 2. The van der Waals surface area contributed by atoms with Crippen LogP contribution in [0.25, 0.3) is 5.69 Å². The average Bonchev–Trinajstić information content (AvgIpc) is 3.23. The number of ether oxygens (including phenoxy) is 1. The second-order valence-corrected chi connectivity index (χ2v) is 10.1. The summed E-state index contributed by atoms with van der Waals surface area (Å²) in [4.78, 5) is 15.7. The first-order valence-corrected chi connectivity index (χ1v) is 12.8. The minimum absolute atomic E-state index is 0.117. The highest BCUT2D eigenvalue weighted by atomic mass is 35.5. The third-order valence-electron chi connectivity index (χ3n) is 6.21. The van der Waals surface area contributed by atoms with Gasteiger partial charge in [-0.15, -0.1) is 4.31 Å². The quantitative estimate of drug-likeness (QED) is 0.518. The van der Waals surface area contributed by atoms with Crippen LogP contribution in [-0.4, -0.2) is 57.2 Å². The summed E-state index contributed by atoms with van der Waals surface area (Å²) < 4.78 is 21.5. The molecular weight excluding hydrogens is 460 g/mol. The summed E-state index contributed by atoms with van der Waals surface area (Å²) in [6, 6.07) is 15.3. The van der Waals surface area contributed by atoms with Crippen LogP contribution in [-0.2, 0) is 24.2 Å². The summed E-state index contributed by atoms with van der Waals surface area (Å²) in [5.74, 6) is 0.300. The fourth-order valence-corrected chi connectivity index (χ4v) is 5.37. The van der Waals surface area contributed by atoms with Crippen molar-refractivity contribution in [3.8, 4) is 11.4 Å². The summed E-state index contributed by atoms with van der Waals surface area (Å²) >= 11 is 5.15. The van der Waals surface area contributed by atoms with Gasteiger partial charge < -0.3 is 14.2 Å². The number of hydrogen-bond acceptors (Lipinski definition) is 6. The van der Waals surface area contributed by atoms with Gasteiger partial charge in [-0.05, 0) is 29.3 Å². The molecule has 33 heavy (non-hydrogen) atoms. The van der Waals surface area contributed by atoms with Gasteiger partial charge in [0, 0.05) is 42.3 Å². The Morgan fingerprint density at radius 2 is 1.76 bits per heavy atom. The van der Waals surface area contributed by atoms with E-state index in [2.05, 4.69) is 22.1 Å². The topological polar surface area (TPSA) is 73.7 Å². The van der Waals surface area contributed by atoms with Crippen LogP contribution >= 0.6 is 11.6 Å². The summed E-state index contributed by atoms with van der Waals surface area (Å²) in [7, 11) is 0. The number of anilines is 1. The lowest BCUT2D eigenvalue weighted by molar-refractivity contribution is 0.209. The smallest absolute Gasteiger partial charge is 0.316 e. The van der Waals surface area contributed by atoms with Crippen LogP contribution in [0.15, 0.2) is 59.5 Å². The third-order valence-corrected chi connectivity index (χ3v) is 7.54. The van der Waals surface area contributed by atoms with Crippen molar-refractivity contribution in [1.82, 2.24) is 14.1 Å². The highest BCUT2D eigenvalue weighted by molar-refractivity contribution is 7.88. The van der Waals surface area contributed by atoms with E-state index in [1.54, 1.807) is 36.7 Å². The van der Waals surface area contributed by atoms with Gasteiger partial charge in [-0.25, -0.2) is 0 Å². The monoisotopic (exact) mass is 484 g/mol. The molecule has 1 aliphatic carbocycles. The van der Waals surface area contributed by atoms with Gasteiger partial charge in [0.1, 0.15) is 18.0 Å². The van der Waals surface area contributed by atoms with Crippen molar-refractivity contribution in [1.29, 1.82) is 0 Å². The fraction of sp³-hybridized carbons (Fsp3) is 0.333. The average molecular weight is 485 g/mol. The van der Waals surface area contributed by atoms with Gasteiger partial charge in [-0.3, -0.25) is 4.79 Å². The molecule has 1 aromatic heterocycles. The van der Waals surface area contributed by atoms with Crippen molar-refractivity contribution in [2.75, 3.05) is 37.3 Å². The van der Waals surface area contributed by atoms with Gasteiger partial charge in [-0.2, -0.15) is 9.78 Å². The van der Waals surface area contributed by atoms with Gasteiger partial charge in [0.15, 0.2) is 0 Å². The van der Waals surface area contributed by atoms with Crippen LogP contribution in [0.5, 0.6) is 5.75 Å². The van der Waals surface area contributed by atoms with E-state index < -0.39 is 11.4 Å². The second kappa shape index (κ2) is 9.38. The second-order valence-electron chi connectivity index (χ2n) is 8.31. The molecule has 9 heteroatoms. The zero-order chi connectivity index (χ0) is 22.9. The maximum atomic E-state index is 13.6. The zero-order valence-electron chi connectivity index (χ0n) is 18.3. The lowest BCUT2D eigenvalue weighted by Crippen LogP contribution is -2.49. The molecule has 5 rings (SSSR count). The van der Waals surface area contributed by atoms with E-state index in [9.17, 15) is 9.35 Å². The molecular formula is C24H25ClN4O3S. The van der Waals surface area contributed by atoms with Crippen molar-refractivity contribution in [3.05, 3.63) is 81.2 Å². The zero-order valence-corrected chi connectivity index (χ0v) is 19.9. The molecule has 0 bridgehead atoms. The Morgan fingerprint density at radius 3 is 2.39 bits per heavy atom. The molecule has 172 valence electrons. The Bertz CT molecular complexity index is 1190. The Balaban J connectivity index is 1.49. The standard InChI is InChI=1S/C24H25ClN4O3S/c1-33(31)28-11-9-27(10-12-28)22-16-26-29(20-8-4-7-19(25)15-20)24(30)23(22)32-21-13-17-5-2-3-6-18(17)14-21/h2-8,15-16,21H,9-14H2,1H3/t33-/m1/s1. The molecule has 1 fully saturated rings. The van der Waals surface area contributed by atoms with Crippen LogP contribution in [0, 0.1) is 0 Å². The summed E-state index contributed by atoms with van der Waals surface area (Å²) in [6.45, 7) is 2.58. The number of piperazine rings is 1. The van der Waals surface area contributed by atoms with E-state index in [4.69, 9.17) is 16.3 Å².